The zero-order valence-electron chi connectivity index (χ0n) is 9.44. The predicted molar refractivity (Wildman–Crippen MR) is 62.9 cm³/mol. The van der Waals surface area contributed by atoms with Crippen LogP contribution in [0.3, 0.4) is 0 Å². The molecule has 0 aromatic rings. The molecule has 0 bridgehead atoms. The molecule has 3 nitrogen and oxygen atoms in total. The van der Waals surface area contributed by atoms with Gasteiger partial charge in [-0.3, -0.25) is 0 Å². The summed E-state index contributed by atoms with van der Waals surface area (Å²) in [4.78, 5) is 3.01. The zero-order valence-corrected chi connectivity index (χ0v) is 13.2. The van der Waals surface area contributed by atoms with Gasteiger partial charge < -0.3 is 11.3 Å². The molecule has 0 aromatic carbocycles. The van der Waals surface area contributed by atoms with Crippen LogP contribution in [0.15, 0.2) is 23.9 Å². The normalized spacial score (nSPS) is 12.4. The minimum absolute atomic E-state index is 0. The quantitative estimate of drug-likeness (QED) is 0.472. The van der Waals surface area contributed by atoms with Crippen LogP contribution in [-0.2, 0) is 17.1 Å². The van der Waals surface area contributed by atoms with Gasteiger partial charge in [0.25, 0.3) is 5.71 Å². The van der Waals surface area contributed by atoms with Crippen molar-refractivity contribution >= 4 is 18.1 Å². The van der Waals surface area contributed by atoms with E-state index in [-0.39, 0.29) is 29.5 Å². The van der Waals surface area contributed by atoms with Gasteiger partial charge in [0.05, 0.1) is 6.42 Å². The molecule has 1 aliphatic carbocycles. The van der Waals surface area contributed by atoms with Crippen LogP contribution in [0.4, 0.5) is 0 Å². The first kappa shape index (κ1) is 17.0. The average molecular weight is 281 g/mol. The molecule has 0 radical (unpaired) electrons. The molecule has 0 amide bonds. The third-order valence-corrected chi connectivity index (χ3v) is 4.77. The monoisotopic (exact) mass is 279 g/mol. The molecule has 0 aromatic heterocycles. The van der Waals surface area contributed by atoms with E-state index in [4.69, 9.17) is 11.3 Å². The maximum Gasteiger partial charge on any atom is 0.297 e. The summed E-state index contributed by atoms with van der Waals surface area (Å²) in [5, 5.41) is 3.06. The summed E-state index contributed by atoms with van der Waals surface area (Å²) >= 11 is 0.0972. The number of nitrogens with two attached hydrogens (primary N) is 1. The average Bonchev–Trinajstić information content (AvgIpc) is 2.20. The molecule has 2 N–H and O–H groups in total. The number of nitrogens with zero attached hydrogens (tertiary/aromatic N) is 2. The Morgan fingerprint density at radius 3 is 2.33 bits per heavy atom. The third-order valence-electron chi connectivity index (χ3n) is 1.81. The zero-order chi connectivity index (χ0) is 10.8. The van der Waals surface area contributed by atoms with Crippen LogP contribution < -0.4 is 5.73 Å². The van der Waals surface area contributed by atoms with Crippen LogP contribution in [0.25, 0.3) is 5.53 Å². The van der Waals surface area contributed by atoms with E-state index in [1.165, 1.54) is 10.0 Å². The predicted octanol–water partition coefficient (Wildman–Crippen LogP) is 2.83. The van der Waals surface area contributed by atoms with Crippen LogP contribution >= 0.6 is 12.4 Å². The van der Waals surface area contributed by atoms with Gasteiger partial charge in [0.1, 0.15) is 0 Å². The molecular formula is C10H18ClN3Zn. The molecule has 5 heteroatoms. The summed E-state index contributed by atoms with van der Waals surface area (Å²) in [6.07, 6.45) is 5.94. The van der Waals surface area contributed by atoms with E-state index in [1.807, 2.05) is 6.08 Å². The van der Waals surface area contributed by atoms with Crippen LogP contribution in [0.1, 0.15) is 20.3 Å². The summed E-state index contributed by atoms with van der Waals surface area (Å²) in [7, 11) is 0. The van der Waals surface area contributed by atoms with Crippen LogP contribution in [0, 0.1) is 0 Å². The van der Waals surface area contributed by atoms with Crippen LogP contribution in [-0.4, -0.2) is 10.5 Å². The number of halogens is 1. The largest absolute Gasteiger partial charge is 0.399 e. The molecule has 0 saturated carbocycles. The van der Waals surface area contributed by atoms with Gasteiger partial charge in [-0.1, -0.05) is 6.08 Å². The van der Waals surface area contributed by atoms with Gasteiger partial charge in [-0.15, -0.1) is 12.4 Å². The summed E-state index contributed by atoms with van der Waals surface area (Å²) in [6, 6.07) is 0. The van der Waals surface area contributed by atoms with Gasteiger partial charge in [-0.25, -0.2) is 0 Å². The number of hydrogen-bond donors (Lipinski definition) is 1. The van der Waals surface area contributed by atoms with Gasteiger partial charge >= 0.3 is 41.0 Å². The molecule has 1 aliphatic rings. The van der Waals surface area contributed by atoms with Gasteiger partial charge in [0.2, 0.25) is 0 Å². The van der Waals surface area contributed by atoms with Crippen LogP contribution in [0.2, 0.25) is 10.0 Å². The first-order chi connectivity index (χ1) is 6.74. The van der Waals surface area contributed by atoms with Gasteiger partial charge in [0, 0.05) is 11.8 Å². The Bertz CT molecular complexity index is 266. The van der Waals surface area contributed by atoms with E-state index in [2.05, 4.69) is 18.6 Å². The maximum absolute atomic E-state index is 8.26. The fourth-order valence-corrected chi connectivity index (χ4v) is 2.52. The van der Waals surface area contributed by atoms with Crippen molar-refractivity contribution in [2.24, 2.45) is 5.73 Å². The third kappa shape index (κ3) is 9.87. The van der Waals surface area contributed by atoms with E-state index >= 15 is 0 Å². The van der Waals surface area contributed by atoms with E-state index in [1.54, 1.807) is 12.2 Å². The Balaban J connectivity index is 0. The topological polar surface area (TPSA) is 62.4 Å². The molecule has 0 fully saturated rings. The Labute approximate surface area is 105 Å². The molecule has 0 saturated heterocycles. The first-order valence-corrected chi connectivity index (χ1v) is 9.28. The van der Waals surface area contributed by atoms with Crippen LogP contribution in [0.5, 0.6) is 0 Å². The SMILES string of the molecule is C[CH2][Zn][CH2]C.Cl.[N-]=[N+]=C1C=C(N)C=CC1. The molecule has 0 atom stereocenters. The summed E-state index contributed by atoms with van der Waals surface area (Å²) in [5.41, 5.74) is 14.9. The smallest absolute Gasteiger partial charge is 0.297 e. The second-order valence-corrected chi connectivity index (χ2v) is 8.88. The fourth-order valence-electron chi connectivity index (χ4n) is 1.04. The summed E-state index contributed by atoms with van der Waals surface area (Å²) in [5.74, 6) is 0. The van der Waals surface area contributed by atoms with E-state index in [9.17, 15) is 0 Å². The van der Waals surface area contributed by atoms with Gasteiger partial charge in [-0.05, 0) is 6.08 Å². The van der Waals surface area contributed by atoms with E-state index in [0.29, 0.717) is 17.8 Å². The van der Waals surface area contributed by atoms with Gasteiger partial charge in [0.15, 0.2) is 0 Å². The molecular weight excluding hydrogens is 263 g/mol. The summed E-state index contributed by atoms with van der Waals surface area (Å²) in [6.45, 7) is 4.59. The first-order valence-electron chi connectivity index (χ1n) is 5.09. The minimum atomic E-state index is 0. The molecule has 0 unspecified atom stereocenters. The summed E-state index contributed by atoms with van der Waals surface area (Å²) < 4.78 is 0. The Morgan fingerprint density at radius 1 is 1.47 bits per heavy atom. The van der Waals surface area contributed by atoms with Crippen molar-refractivity contribution in [2.45, 2.75) is 30.3 Å². The molecule has 15 heavy (non-hydrogen) atoms. The van der Waals surface area contributed by atoms with Crippen molar-refractivity contribution in [2.75, 3.05) is 0 Å². The molecule has 0 spiro atoms. The van der Waals surface area contributed by atoms with Crippen molar-refractivity contribution in [3.8, 4) is 0 Å². The number of hydrogen-bond acceptors (Lipinski definition) is 1. The maximum atomic E-state index is 8.26. The fraction of sp³-hybridized carbons (Fsp3) is 0.500. The van der Waals surface area contributed by atoms with Gasteiger partial charge in [-0.2, -0.15) is 4.79 Å². The van der Waals surface area contributed by atoms with E-state index < -0.39 is 0 Å². The van der Waals surface area contributed by atoms with Crippen molar-refractivity contribution in [3.63, 3.8) is 0 Å². The minimum Gasteiger partial charge on any atom is -0.399 e. The second-order valence-electron chi connectivity index (χ2n) is 3.20. The molecule has 1 rings (SSSR count). The van der Waals surface area contributed by atoms with E-state index in [0.717, 1.165) is 0 Å². The van der Waals surface area contributed by atoms with Crippen molar-refractivity contribution in [1.29, 1.82) is 0 Å². The van der Waals surface area contributed by atoms with Crippen molar-refractivity contribution in [1.82, 2.24) is 0 Å². The Morgan fingerprint density at radius 2 is 2.07 bits per heavy atom. The van der Waals surface area contributed by atoms with Crippen molar-refractivity contribution < 1.29 is 21.9 Å². The Kier molecular flexibility index (Phi) is 13.2. The number of allylic oxidation sites excluding steroid dienone is 3. The Hall–Kier alpha value is -0.427. The second kappa shape index (κ2) is 11.6. The standard InChI is InChI=1S/C6H7N3.2C2H5.ClH.Zn/c7-5-2-1-3-6(4-5)9-8;2*1-2;;/h1-2,4H,3,7H2;2*1H2,2H3;1H;. The molecule has 82 valence electrons. The van der Waals surface area contributed by atoms with Crippen molar-refractivity contribution in [3.05, 3.63) is 29.5 Å². The number of rotatable bonds is 2. The molecule has 0 heterocycles. The molecule has 0 aliphatic heterocycles.